The van der Waals surface area contributed by atoms with Gasteiger partial charge in [0.1, 0.15) is 11.3 Å². The van der Waals surface area contributed by atoms with Crippen LogP contribution < -0.4 is 5.32 Å². The lowest BCUT2D eigenvalue weighted by Gasteiger charge is -2.03. The number of amides is 1. The number of carbonyl (C=O) groups excluding carboxylic acids is 2. The van der Waals surface area contributed by atoms with Gasteiger partial charge in [-0.2, -0.15) is 5.10 Å². The minimum atomic E-state index is -0.579. The lowest BCUT2D eigenvalue weighted by atomic mass is 10.2. The lowest BCUT2D eigenvalue weighted by Crippen LogP contribution is -2.25. The molecule has 0 spiro atoms. The van der Waals surface area contributed by atoms with E-state index < -0.39 is 5.97 Å². The number of hydrogen-bond acceptors (Lipinski definition) is 5. The largest absolute Gasteiger partial charge is 0.452 e. The summed E-state index contributed by atoms with van der Waals surface area (Å²) in [5, 5.41) is 8.84. The molecule has 0 aliphatic carbocycles. The Morgan fingerprint density at radius 3 is 2.67 bits per heavy atom. The molecular weight excluding hydrogens is 326 g/mol. The molecule has 6 nitrogen and oxygen atoms in total. The molecule has 1 N–H and O–H groups in total. The van der Waals surface area contributed by atoms with Crippen molar-refractivity contribution in [2.75, 3.05) is 13.7 Å². The first-order valence-electron chi connectivity index (χ1n) is 7.25. The first-order valence-corrected chi connectivity index (χ1v) is 8.13. The number of nitrogens with one attached hydrogen (secondary N) is 1. The molecule has 1 amide bonds. The summed E-state index contributed by atoms with van der Waals surface area (Å²) in [6, 6.07) is 13.3. The van der Waals surface area contributed by atoms with Crippen LogP contribution in [0.3, 0.4) is 0 Å². The molecule has 0 aliphatic rings. The molecule has 122 valence electrons. The highest BCUT2D eigenvalue weighted by atomic mass is 32.1. The highest BCUT2D eigenvalue weighted by Crippen LogP contribution is 2.28. The molecule has 24 heavy (non-hydrogen) atoms. The molecule has 2 heterocycles. The second-order valence-corrected chi connectivity index (χ2v) is 5.85. The molecule has 0 saturated carbocycles. The van der Waals surface area contributed by atoms with E-state index in [1.165, 1.54) is 18.4 Å². The van der Waals surface area contributed by atoms with Crippen molar-refractivity contribution < 1.29 is 14.3 Å². The Bertz CT molecular complexity index is 841. The number of likely N-dealkylation sites (N-methyl/N-ethyl adjacent to an activating group) is 1. The van der Waals surface area contributed by atoms with E-state index in [9.17, 15) is 9.59 Å². The van der Waals surface area contributed by atoms with E-state index in [1.807, 2.05) is 47.8 Å². The molecule has 0 aliphatic heterocycles. The zero-order valence-corrected chi connectivity index (χ0v) is 13.7. The van der Waals surface area contributed by atoms with Crippen LogP contribution in [0.2, 0.25) is 0 Å². The Balaban J connectivity index is 1.96. The molecule has 7 heteroatoms. The number of esters is 1. The first-order chi connectivity index (χ1) is 11.7. The number of thiophene rings is 1. The van der Waals surface area contributed by atoms with E-state index in [0.717, 1.165) is 10.6 Å². The van der Waals surface area contributed by atoms with Crippen LogP contribution >= 0.6 is 11.3 Å². The maximum absolute atomic E-state index is 12.4. The van der Waals surface area contributed by atoms with Crippen molar-refractivity contribution in [1.82, 2.24) is 15.1 Å². The monoisotopic (exact) mass is 341 g/mol. The number of para-hydroxylation sites is 1. The zero-order chi connectivity index (χ0) is 16.9. The summed E-state index contributed by atoms with van der Waals surface area (Å²) in [4.78, 5) is 24.5. The van der Waals surface area contributed by atoms with Crippen LogP contribution in [0.25, 0.3) is 16.3 Å². The summed E-state index contributed by atoms with van der Waals surface area (Å²) < 4.78 is 6.70. The highest BCUT2D eigenvalue weighted by Gasteiger charge is 2.21. The molecule has 2 aromatic heterocycles. The molecule has 0 saturated heterocycles. The van der Waals surface area contributed by atoms with Crippen LogP contribution in [0.5, 0.6) is 0 Å². The summed E-state index contributed by atoms with van der Waals surface area (Å²) in [6.45, 7) is -0.324. The normalized spacial score (nSPS) is 10.4. The smallest absolute Gasteiger partial charge is 0.342 e. The van der Waals surface area contributed by atoms with E-state index >= 15 is 0 Å². The second-order valence-electron chi connectivity index (χ2n) is 4.90. The Morgan fingerprint density at radius 2 is 2.00 bits per heavy atom. The highest BCUT2D eigenvalue weighted by molar-refractivity contribution is 7.13. The molecule has 0 bridgehead atoms. The first kappa shape index (κ1) is 15.9. The molecule has 3 rings (SSSR count). The topological polar surface area (TPSA) is 73.2 Å². The predicted molar refractivity (Wildman–Crippen MR) is 91.2 cm³/mol. The number of rotatable bonds is 5. The van der Waals surface area contributed by atoms with E-state index in [0.29, 0.717) is 11.3 Å². The van der Waals surface area contributed by atoms with Gasteiger partial charge in [0, 0.05) is 13.2 Å². The van der Waals surface area contributed by atoms with Gasteiger partial charge in [0.15, 0.2) is 6.61 Å². The number of benzene rings is 1. The van der Waals surface area contributed by atoms with Crippen molar-refractivity contribution in [2.24, 2.45) is 0 Å². The summed E-state index contributed by atoms with van der Waals surface area (Å²) in [6.07, 6.45) is 1.62. The lowest BCUT2D eigenvalue weighted by molar-refractivity contribution is -0.123. The van der Waals surface area contributed by atoms with Gasteiger partial charge < -0.3 is 10.1 Å². The average Bonchev–Trinajstić information content (AvgIpc) is 3.29. The minimum absolute atomic E-state index is 0.324. The number of carbonyl (C=O) groups is 2. The van der Waals surface area contributed by atoms with E-state index in [4.69, 9.17) is 4.74 Å². The fourth-order valence-electron chi connectivity index (χ4n) is 2.11. The number of hydrogen-bond donors (Lipinski definition) is 1. The maximum Gasteiger partial charge on any atom is 0.342 e. The Labute approximate surface area is 142 Å². The summed E-state index contributed by atoms with van der Waals surface area (Å²) in [7, 11) is 1.49. The maximum atomic E-state index is 12.4. The molecule has 3 aromatic rings. The third kappa shape index (κ3) is 3.36. The standard InChI is InChI=1S/C17H15N3O3S/c1-18-15(21)11-23-17(22)13-10-20(12-6-3-2-4-7-12)19-16(13)14-8-5-9-24-14/h2-10H,11H2,1H3,(H,18,21). The van der Waals surface area contributed by atoms with Gasteiger partial charge in [0.05, 0.1) is 10.6 Å². The molecule has 0 radical (unpaired) electrons. The van der Waals surface area contributed by atoms with Gasteiger partial charge >= 0.3 is 5.97 Å². The SMILES string of the molecule is CNC(=O)COC(=O)c1cn(-c2ccccc2)nc1-c1cccs1. The Hall–Kier alpha value is -2.93. The molecular formula is C17H15N3O3S. The van der Waals surface area contributed by atoms with Crippen molar-refractivity contribution in [3.05, 3.63) is 59.6 Å². The quantitative estimate of drug-likeness (QED) is 0.724. The fourth-order valence-corrected chi connectivity index (χ4v) is 2.84. The Morgan fingerprint density at radius 1 is 1.21 bits per heavy atom. The van der Waals surface area contributed by atoms with Crippen molar-refractivity contribution in [3.63, 3.8) is 0 Å². The number of ether oxygens (including phenoxy) is 1. The zero-order valence-electron chi connectivity index (χ0n) is 12.9. The fraction of sp³-hybridized carbons (Fsp3) is 0.118. The van der Waals surface area contributed by atoms with Crippen LogP contribution in [0.4, 0.5) is 0 Å². The van der Waals surface area contributed by atoms with Gasteiger partial charge in [-0.15, -0.1) is 11.3 Å². The molecule has 0 unspecified atom stereocenters. The van der Waals surface area contributed by atoms with Gasteiger partial charge in [-0.1, -0.05) is 24.3 Å². The van der Waals surface area contributed by atoms with Gasteiger partial charge in [-0.25, -0.2) is 9.48 Å². The van der Waals surface area contributed by atoms with Crippen LogP contribution in [-0.2, 0) is 9.53 Å². The summed E-state index contributed by atoms with van der Waals surface area (Å²) in [5.41, 5.74) is 1.70. The molecule has 0 fully saturated rings. The van der Waals surface area contributed by atoms with E-state index in [1.54, 1.807) is 10.9 Å². The number of nitrogens with zero attached hydrogens (tertiary/aromatic N) is 2. The summed E-state index contributed by atoms with van der Waals surface area (Å²) in [5.74, 6) is -0.944. The van der Waals surface area contributed by atoms with Gasteiger partial charge in [-0.05, 0) is 23.6 Å². The van der Waals surface area contributed by atoms with Crippen molar-refractivity contribution >= 4 is 23.2 Å². The Kier molecular flexibility index (Phi) is 4.72. The van der Waals surface area contributed by atoms with Crippen LogP contribution in [-0.4, -0.2) is 35.3 Å². The van der Waals surface area contributed by atoms with Gasteiger partial charge in [-0.3, -0.25) is 4.79 Å². The van der Waals surface area contributed by atoms with Crippen LogP contribution in [0, 0.1) is 0 Å². The third-order valence-corrected chi connectivity index (χ3v) is 4.20. The number of aromatic nitrogens is 2. The van der Waals surface area contributed by atoms with Crippen molar-refractivity contribution in [3.8, 4) is 16.3 Å². The van der Waals surface area contributed by atoms with Gasteiger partial charge in [0.2, 0.25) is 0 Å². The third-order valence-electron chi connectivity index (χ3n) is 3.32. The summed E-state index contributed by atoms with van der Waals surface area (Å²) >= 11 is 1.48. The van der Waals surface area contributed by atoms with Crippen LogP contribution in [0.15, 0.2) is 54.0 Å². The van der Waals surface area contributed by atoms with Crippen LogP contribution in [0.1, 0.15) is 10.4 Å². The van der Waals surface area contributed by atoms with E-state index in [-0.39, 0.29) is 12.5 Å². The van der Waals surface area contributed by atoms with Crippen molar-refractivity contribution in [2.45, 2.75) is 0 Å². The molecule has 1 aromatic carbocycles. The van der Waals surface area contributed by atoms with Gasteiger partial charge in [0.25, 0.3) is 5.91 Å². The average molecular weight is 341 g/mol. The second kappa shape index (κ2) is 7.10. The minimum Gasteiger partial charge on any atom is -0.452 e. The molecule has 0 atom stereocenters. The predicted octanol–water partition coefficient (Wildman–Crippen LogP) is 2.50. The van der Waals surface area contributed by atoms with E-state index in [2.05, 4.69) is 10.4 Å². The van der Waals surface area contributed by atoms with Crippen molar-refractivity contribution in [1.29, 1.82) is 0 Å².